The molecule has 0 saturated carbocycles. The summed E-state index contributed by atoms with van der Waals surface area (Å²) in [7, 11) is 0.733. The summed E-state index contributed by atoms with van der Waals surface area (Å²) in [5, 5.41) is 0.624. The molecule has 0 bridgehead atoms. The third-order valence-corrected chi connectivity index (χ3v) is 2.48. The molecule has 0 aliphatic carbocycles. The van der Waals surface area contributed by atoms with Crippen LogP contribution >= 0.6 is 7.92 Å². The second-order valence-corrected chi connectivity index (χ2v) is 3.79. The Labute approximate surface area is 108 Å². The van der Waals surface area contributed by atoms with Crippen molar-refractivity contribution in [2.45, 2.75) is 0 Å². The SMILES string of the molecule is COC(=O)c1ccc2cc(C(=O)OC#P=O)oc2c1. The van der Waals surface area contributed by atoms with E-state index in [4.69, 9.17) is 4.42 Å². The quantitative estimate of drug-likeness (QED) is 0.620. The number of rotatable bonds is 2. The van der Waals surface area contributed by atoms with Crippen molar-refractivity contribution in [2.24, 2.45) is 0 Å². The van der Waals surface area contributed by atoms with E-state index in [0.29, 0.717) is 16.5 Å². The van der Waals surface area contributed by atoms with Crippen LogP contribution in [0.4, 0.5) is 0 Å². The van der Waals surface area contributed by atoms with Crippen molar-refractivity contribution >= 4 is 30.8 Å². The Morgan fingerprint density at radius 2 is 2.05 bits per heavy atom. The van der Waals surface area contributed by atoms with Gasteiger partial charge in [-0.15, -0.1) is 0 Å². The van der Waals surface area contributed by atoms with Gasteiger partial charge in [-0.25, -0.2) is 0 Å². The zero-order valence-electron chi connectivity index (χ0n) is 9.71. The molecule has 0 N–H and O–H groups in total. The van der Waals surface area contributed by atoms with Crippen molar-refractivity contribution in [1.82, 2.24) is 0 Å². The summed E-state index contributed by atoms with van der Waals surface area (Å²) in [5.74, 6) is 0.461. The number of carbonyl (C=O) groups excluding carboxylic acids is 2. The van der Waals surface area contributed by atoms with Crippen molar-refractivity contribution in [3.8, 4) is 5.81 Å². The molecule has 96 valence electrons. The predicted molar refractivity (Wildman–Crippen MR) is 64.5 cm³/mol. The van der Waals surface area contributed by atoms with Gasteiger partial charge in [0.1, 0.15) is 0 Å². The molecule has 0 unspecified atom stereocenters. The molecule has 2 rings (SSSR count). The van der Waals surface area contributed by atoms with E-state index in [-0.39, 0.29) is 5.76 Å². The fourth-order valence-electron chi connectivity index (χ4n) is 1.49. The molecule has 0 spiro atoms. The molecule has 0 fully saturated rings. The Morgan fingerprint density at radius 3 is 2.74 bits per heavy atom. The number of hydrogen-bond donors (Lipinski definition) is 0. The molecule has 0 amide bonds. The van der Waals surface area contributed by atoms with E-state index in [1.807, 2.05) is 5.81 Å². The maximum atomic E-state index is 11.4. The fourth-order valence-corrected chi connectivity index (χ4v) is 1.61. The first-order chi connectivity index (χ1) is 9.15. The summed E-state index contributed by atoms with van der Waals surface area (Å²) in [5.41, 5.74) is 0.648. The van der Waals surface area contributed by atoms with Crippen LogP contribution in [0.15, 0.2) is 28.7 Å². The fraction of sp³-hybridized carbons (Fsp3) is 0.0833. The van der Waals surface area contributed by atoms with Crippen LogP contribution in [0.3, 0.4) is 0 Å². The Hall–Kier alpha value is -2.29. The first-order valence-corrected chi connectivity index (χ1v) is 5.87. The summed E-state index contributed by atoms with van der Waals surface area (Å²) in [4.78, 5) is 22.8. The van der Waals surface area contributed by atoms with Gasteiger partial charge in [-0.2, -0.15) is 0 Å². The Morgan fingerprint density at radius 1 is 1.26 bits per heavy atom. The molecule has 0 radical (unpaired) electrons. The summed E-state index contributed by atoms with van der Waals surface area (Å²) in [6.45, 7) is 0. The number of methoxy groups -OCH3 is 1. The summed E-state index contributed by atoms with van der Waals surface area (Å²) >= 11 is 0. The van der Waals surface area contributed by atoms with E-state index in [2.05, 4.69) is 9.47 Å². The van der Waals surface area contributed by atoms with E-state index < -0.39 is 19.9 Å². The van der Waals surface area contributed by atoms with E-state index >= 15 is 0 Å². The van der Waals surface area contributed by atoms with Crippen molar-refractivity contribution < 1.29 is 28.0 Å². The summed E-state index contributed by atoms with van der Waals surface area (Å²) in [6, 6.07) is 6.06. The van der Waals surface area contributed by atoms with Crippen LogP contribution in [-0.4, -0.2) is 19.0 Å². The first kappa shape index (κ1) is 13.1. The Kier molecular flexibility index (Phi) is 3.85. The molecular formula is C12H7O6P. The van der Waals surface area contributed by atoms with E-state index in [9.17, 15) is 14.2 Å². The Bertz CT molecular complexity index is 755. The van der Waals surface area contributed by atoms with Crippen molar-refractivity contribution in [3.05, 3.63) is 35.6 Å². The number of esters is 2. The van der Waals surface area contributed by atoms with Gasteiger partial charge in [-0.05, 0) is 0 Å². The number of ether oxygens (including phenoxy) is 2. The predicted octanol–water partition coefficient (Wildman–Crippen LogP) is 2.58. The average Bonchev–Trinajstić information content (AvgIpc) is 2.86. The van der Waals surface area contributed by atoms with Crippen molar-refractivity contribution in [3.63, 3.8) is 0 Å². The van der Waals surface area contributed by atoms with Crippen LogP contribution in [0.5, 0.6) is 0 Å². The van der Waals surface area contributed by atoms with Crippen molar-refractivity contribution in [2.75, 3.05) is 7.11 Å². The maximum absolute atomic E-state index is 11.4. The number of carbonyl (C=O) groups is 2. The van der Waals surface area contributed by atoms with Gasteiger partial charge in [0.15, 0.2) is 0 Å². The number of furan rings is 1. The molecule has 19 heavy (non-hydrogen) atoms. The molecule has 1 heterocycles. The van der Waals surface area contributed by atoms with Crippen LogP contribution < -0.4 is 0 Å². The molecule has 0 saturated heterocycles. The molecule has 0 atom stereocenters. The van der Waals surface area contributed by atoms with Gasteiger partial charge < -0.3 is 0 Å². The molecule has 1 aromatic heterocycles. The van der Waals surface area contributed by atoms with Crippen LogP contribution in [0.2, 0.25) is 0 Å². The normalized spacial score (nSPS) is 9.74. The molecule has 0 aliphatic heterocycles. The standard InChI is InChI=1S/C12H7O6P/c1-16-11(13)8-3-2-7-4-10(18-9(7)5-8)12(14)17-6-19-15/h2-5H,1H3. The van der Waals surface area contributed by atoms with E-state index in [1.54, 1.807) is 12.1 Å². The molecule has 6 nitrogen and oxygen atoms in total. The van der Waals surface area contributed by atoms with Crippen LogP contribution in [0.1, 0.15) is 20.9 Å². The van der Waals surface area contributed by atoms with Gasteiger partial charge in [0, 0.05) is 0 Å². The Balaban J connectivity index is 2.39. The van der Waals surface area contributed by atoms with Crippen LogP contribution in [0, 0.1) is 5.81 Å². The topological polar surface area (TPSA) is 82.8 Å². The zero-order chi connectivity index (χ0) is 13.8. The number of hydrogen-bond acceptors (Lipinski definition) is 6. The second kappa shape index (κ2) is 5.57. The van der Waals surface area contributed by atoms with E-state index in [1.165, 1.54) is 19.2 Å². The van der Waals surface area contributed by atoms with Gasteiger partial charge in [0.2, 0.25) is 0 Å². The van der Waals surface area contributed by atoms with Crippen LogP contribution in [-0.2, 0) is 14.0 Å². The zero-order valence-corrected chi connectivity index (χ0v) is 10.6. The minimum atomic E-state index is -0.820. The first-order valence-electron chi connectivity index (χ1n) is 5.06. The average molecular weight is 278 g/mol. The van der Waals surface area contributed by atoms with Gasteiger partial charge in [-0.3, -0.25) is 0 Å². The molecule has 2 aromatic rings. The molecule has 1 aromatic carbocycles. The number of fused-ring (bicyclic) bond motifs is 1. The van der Waals surface area contributed by atoms with Gasteiger partial charge >= 0.3 is 107 Å². The van der Waals surface area contributed by atoms with E-state index in [0.717, 1.165) is 0 Å². The molecular weight excluding hydrogens is 271 g/mol. The summed E-state index contributed by atoms with van der Waals surface area (Å²) in [6.07, 6.45) is 0. The monoisotopic (exact) mass is 278 g/mol. The van der Waals surface area contributed by atoms with Crippen LogP contribution in [0.25, 0.3) is 11.0 Å². The summed E-state index contributed by atoms with van der Waals surface area (Å²) < 4.78 is 24.3. The van der Waals surface area contributed by atoms with Gasteiger partial charge in [-0.1, -0.05) is 0 Å². The van der Waals surface area contributed by atoms with Crippen molar-refractivity contribution in [1.29, 1.82) is 0 Å². The third kappa shape index (κ3) is 2.76. The minimum absolute atomic E-state index is 0.0758. The molecule has 7 heteroatoms. The third-order valence-electron chi connectivity index (χ3n) is 2.32. The number of benzene rings is 1. The van der Waals surface area contributed by atoms with Gasteiger partial charge in [0.05, 0.1) is 0 Å². The molecule has 0 aliphatic rings. The second-order valence-electron chi connectivity index (χ2n) is 3.43. The van der Waals surface area contributed by atoms with Gasteiger partial charge in [0.25, 0.3) is 0 Å².